The molecule has 18 heavy (non-hydrogen) atoms. The fourth-order valence-electron chi connectivity index (χ4n) is 1.50. The SMILES string of the molecule is CNCc1cncc(Oc2cc(Br)ccc2C)n1. The largest absolute Gasteiger partial charge is 0.437 e. The zero-order valence-electron chi connectivity index (χ0n) is 10.3. The van der Waals surface area contributed by atoms with Crippen molar-refractivity contribution in [1.29, 1.82) is 0 Å². The average Bonchev–Trinajstić information content (AvgIpc) is 2.35. The maximum absolute atomic E-state index is 5.75. The maximum atomic E-state index is 5.75. The second-order valence-corrected chi connectivity index (χ2v) is 4.81. The van der Waals surface area contributed by atoms with E-state index in [0.717, 1.165) is 21.5 Å². The molecule has 0 saturated heterocycles. The normalized spacial score (nSPS) is 10.4. The van der Waals surface area contributed by atoms with Gasteiger partial charge in [0.1, 0.15) is 5.75 Å². The van der Waals surface area contributed by atoms with Crippen LogP contribution in [0.4, 0.5) is 0 Å². The van der Waals surface area contributed by atoms with Crippen LogP contribution in [0.15, 0.2) is 35.1 Å². The molecule has 5 heteroatoms. The molecule has 0 amide bonds. The molecule has 0 radical (unpaired) electrons. The molecule has 0 spiro atoms. The van der Waals surface area contributed by atoms with Gasteiger partial charge in [-0.1, -0.05) is 22.0 Å². The van der Waals surface area contributed by atoms with E-state index in [1.54, 1.807) is 12.4 Å². The Hall–Kier alpha value is -1.46. The molecule has 1 aromatic heterocycles. The first-order valence-corrected chi connectivity index (χ1v) is 6.38. The summed E-state index contributed by atoms with van der Waals surface area (Å²) in [5, 5.41) is 3.03. The zero-order chi connectivity index (χ0) is 13.0. The number of ether oxygens (including phenoxy) is 1. The molecule has 2 aromatic rings. The molecule has 0 saturated carbocycles. The van der Waals surface area contributed by atoms with Crippen molar-refractivity contribution in [2.45, 2.75) is 13.5 Å². The van der Waals surface area contributed by atoms with Crippen molar-refractivity contribution in [2.24, 2.45) is 0 Å². The lowest BCUT2D eigenvalue weighted by molar-refractivity contribution is 0.453. The summed E-state index contributed by atoms with van der Waals surface area (Å²) in [6, 6.07) is 5.89. The predicted octanol–water partition coefficient (Wildman–Crippen LogP) is 3.06. The first kappa shape index (κ1) is 13.0. The van der Waals surface area contributed by atoms with Crippen LogP contribution in [0.25, 0.3) is 0 Å². The predicted molar refractivity (Wildman–Crippen MR) is 73.7 cm³/mol. The van der Waals surface area contributed by atoms with Crippen LogP contribution in [0.1, 0.15) is 11.3 Å². The van der Waals surface area contributed by atoms with E-state index < -0.39 is 0 Å². The van der Waals surface area contributed by atoms with Crippen LogP contribution in [0.3, 0.4) is 0 Å². The first-order valence-electron chi connectivity index (χ1n) is 5.58. The maximum Gasteiger partial charge on any atom is 0.238 e. The number of benzene rings is 1. The van der Waals surface area contributed by atoms with Crippen LogP contribution in [0.5, 0.6) is 11.6 Å². The summed E-state index contributed by atoms with van der Waals surface area (Å²) in [6.45, 7) is 2.66. The molecule has 4 nitrogen and oxygen atoms in total. The van der Waals surface area contributed by atoms with Gasteiger partial charge in [-0.3, -0.25) is 4.98 Å². The Labute approximate surface area is 115 Å². The number of hydrogen-bond acceptors (Lipinski definition) is 4. The number of nitrogens with zero attached hydrogens (tertiary/aromatic N) is 2. The van der Waals surface area contributed by atoms with Crippen LogP contribution in [0.2, 0.25) is 0 Å². The number of aromatic nitrogens is 2. The molecule has 0 aliphatic heterocycles. The molecular formula is C13H14BrN3O. The summed E-state index contributed by atoms with van der Waals surface area (Å²) < 4.78 is 6.72. The van der Waals surface area contributed by atoms with Gasteiger partial charge in [0.15, 0.2) is 0 Å². The molecule has 94 valence electrons. The van der Waals surface area contributed by atoms with Crippen molar-refractivity contribution in [3.63, 3.8) is 0 Å². The first-order chi connectivity index (χ1) is 8.69. The Morgan fingerprint density at radius 3 is 2.94 bits per heavy atom. The van der Waals surface area contributed by atoms with Gasteiger partial charge in [0, 0.05) is 17.2 Å². The van der Waals surface area contributed by atoms with E-state index in [-0.39, 0.29) is 0 Å². The van der Waals surface area contributed by atoms with Crippen molar-refractivity contribution >= 4 is 15.9 Å². The minimum Gasteiger partial charge on any atom is -0.437 e. The standard InChI is InChI=1S/C13H14BrN3O/c1-9-3-4-10(14)5-12(9)18-13-8-16-7-11(17-13)6-15-2/h3-5,7-8,15H,6H2,1-2H3. The fraction of sp³-hybridized carbons (Fsp3) is 0.231. The lowest BCUT2D eigenvalue weighted by atomic mass is 10.2. The monoisotopic (exact) mass is 307 g/mol. The second-order valence-electron chi connectivity index (χ2n) is 3.89. The third kappa shape index (κ3) is 3.27. The Morgan fingerprint density at radius 2 is 2.17 bits per heavy atom. The van der Waals surface area contributed by atoms with Gasteiger partial charge in [0.2, 0.25) is 5.88 Å². The van der Waals surface area contributed by atoms with E-state index >= 15 is 0 Å². The van der Waals surface area contributed by atoms with Gasteiger partial charge < -0.3 is 10.1 Å². The molecule has 0 bridgehead atoms. The summed E-state index contributed by atoms with van der Waals surface area (Å²) in [5.41, 5.74) is 1.90. The quantitative estimate of drug-likeness (QED) is 0.943. The van der Waals surface area contributed by atoms with Gasteiger partial charge in [-0.2, -0.15) is 0 Å². The molecule has 0 unspecified atom stereocenters. The minimum atomic E-state index is 0.504. The summed E-state index contributed by atoms with van der Waals surface area (Å²) in [6.07, 6.45) is 3.33. The molecule has 1 heterocycles. The molecule has 0 aliphatic rings. The smallest absolute Gasteiger partial charge is 0.238 e. The van der Waals surface area contributed by atoms with Crippen LogP contribution >= 0.6 is 15.9 Å². The Kier molecular flexibility index (Phi) is 4.28. The third-order valence-electron chi connectivity index (χ3n) is 2.38. The average molecular weight is 308 g/mol. The van der Waals surface area contributed by atoms with E-state index in [0.29, 0.717) is 12.4 Å². The van der Waals surface area contributed by atoms with E-state index in [2.05, 4.69) is 31.2 Å². The molecule has 0 fully saturated rings. The van der Waals surface area contributed by atoms with E-state index in [1.807, 2.05) is 32.2 Å². The molecule has 2 rings (SSSR count). The highest BCUT2D eigenvalue weighted by Gasteiger charge is 2.04. The number of halogens is 1. The highest BCUT2D eigenvalue weighted by molar-refractivity contribution is 9.10. The number of nitrogens with one attached hydrogen (secondary N) is 1. The van der Waals surface area contributed by atoms with Crippen LogP contribution in [-0.2, 0) is 6.54 Å². The minimum absolute atomic E-state index is 0.504. The van der Waals surface area contributed by atoms with Gasteiger partial charge in [-0.05, 0) is 31.7 Å². The topological polar surface area (TPSA) is 47.0 Å². The fourth-order valence-corrected chi connectivity index (χ4v) is 1.84. The lowest BCUT2D eigenvalue weighted by Gasteiger charge is -2.08. The highest BCUT2D eigenvalue weighted by Crippen LogP contribution is 2.26. The van der Waals surface area contributed by atoms with Crippen molar-refractivity contribution in [2.75, 3.05) is 7.05 Å². The summed E-state index contributed by atoms with van der Waals surface area (Å²) in [4.78, 5) is 8.48. The van der Waals surface area contributed by atoms with E-state index in [4.69, 9.17) is 4.74 Å². The van der Waals surface area contributed by atoms with Crippen LogP contribution in [0, 0.1) is 6.92 Å². The third-order valence-corrected chi connectivity index (χ3v) is 2.88. The Morgan fingerprint density at radius 1 is 1.33 bits per heavy atom. The zero-order valence-corrected chi connectivity index (χ0v) is 11.9. The lowest BCUT2D eigenvalue weighted by Crippen LogP contribution is -2.07. The molecule has 1 N–H and O–H groups in total. The number of hydrogen-bond donors (Lipinski definition) is 1. The molecular weight excluding hydrogens is 294 g/mol. The molecule has 0 aliphatic carbocycles. The highest BCUT2D eigenvalue weighted by atomic mass is 79.9. The van der Waals surface area contributed by atoms with E-state index in [1.165, 1.54) is 0 Å². The van der Waals surface area contributed by atoms with Gasteiger partial charge in [-0.15, -0.1) is 0 Å². The van der Waals surface area contributed by atoms with Gasteiger partial charge in [0.25, 0.3) is 0 Å². The summed E-state index contributed by atoms with van der Waals surface area (Å²) >= 11 is 3.42. The Bertz CT molecular complexity index is 546. The van der Waals surface area contributed by atoms with Gasteiger partial charge in [-0.25, -0.2) is 4.98 Å². The Balaban J connectivity index is 2.22. The summed E-state index contributed by atoms with van der Waals surface area (Å²) in [7, 11) is 1.87. The van der Waals surface area contributed by atoms with Gasteiger partial charge in [0.05, 0.1) is 11.9 Å². The van der Waals surface area contributed by atoms with Crippen LogP contribution < -0.4 is 10.1 Å². The van der Waals surface area contributed by atoms with Crippen molar-refractivity contribution in [1.82, 2.24) is 15.3 Å². The van der Waals surface area contributed by atoms with Gasteiger partial charge >= 0.3 is 0 Å². The molecule has 1 aromatic carbocycles. The van der Waals surface area contributed by atoms with Crippen molar-refractivity contribution in [3.05, 3.63) is 46.3 Å². The second kappa shape index (κ2) is 5.93. The van der Waals surface area contributed by atoms with Crippen molar-refractivity contribution < 1.29 is 4.74 Å². The molecule has 0 atom stereocenters. The van der Waals surface area contributed by atoms with Crippen LogP contribution in [-0.4, -0.2) is 17.0 Å². The van der Waals surface area contributed by atoms with E-state index in [9.17, 15) is 0 Å². The number of rotatable bonds is 4. The summed E-state index contributed by atoms with van der Waals surface area (Å²) in [5.74, 6) is 1.28. The van der Waals surface area contributed by atoms with Crippen molar-refractivity contribution in [3.8, 4) is 11.6 Å². The number of aryl methyl sites for hydroxylation is 1.